The Balaban J connectivity index is 2.92. The van der Waals surface area contributed by atoms with Gasteiger partial charge in [-0.25, -0.2) is 0 Å². The molecular formula is C12H20N2O4. The quantitative estimate of drug-likeness (QED) is 0.717. The highest BCUT2D eigenvalue weighted by atomic mass is 16.4. The molecule has 1 rings (SSSR count). The Morgan fingerprint density at radius 3 is 2.28 bits per heavy atom. The third-order valence-electron chi connectivity index (χ3n) is 3.06. The van der Waals surface area contributed by atoms with Crippen LogP contribution >= 0.6 is 0 Å². The van der Waals surface area contributed by atoms with Gasteiger partial charge in [-0.2, -0.15) is 0 Å². The Morgan fingerprint density at radius 1 is 1.39 bits per heavy atom. The smallest absolute Gasteiger partial charge is 0.317 e. The van der Waals surface area contributed by atoms with E-state index in [1.54, 1.807) is 18.7 Å². The average molecular weight is 256 g/mol. The van der Waals surface area contributed by atoms with E-state index in [0.29, 0.717) is 0 Å². The lowest BCUT2D eigenvalue weighted by Gasteiger charge is -2.29. The van der Waals surface area contributed by atoms with Gasteiger partial charge in [-0.15, -0.1) is 0 Å². The Kier molecular flexibility index (Phi) is 4.45. The number of hydrogen-bond acceptors (Lipinski definition) is 4. The highest BCUT2D eigenvalue weighted by Crippen LogP contribution is 2.22. The second kappa shape index (κ2) is 5.48. The van der Waals surface area contributed by atoms with E-state index in [1.165, 1.54) is 4.90 Å². The first-order chi connectivity index (χ1) is 8.25. The largest absolute Gasteiger partial charge is 0.480 e. The SMILES string of the molecule is CC(C)N1C(=O)CC(N(CC(=O)O)C(C)C)C1=O. The molecule has 0 bridgehead atoms. The Hall–Kier alpha value is -1.43. The molecule has 1 N–H and O–H groups in total. The number of aliphatic carboxylic acids is 1. The number of nitrogens with zero attached hydrogens (tertiary/aromatic N) is 2. The van der Waals surface area contributed by atoms with E-state index in [1.807, 2.05) is 13.8 Å². The van der Waals surface area contributed by atoms with E-state index >= 15 is 0 Å². The van der Waals surface area contributed by atoms with Crippen LogP contribution in [0.15, 0.2) is 0 Å². The van der Waals surface area contributed by atoms with Crippen LogP contribution in [0.1, 0.15) is 34.1 Å². The van der Waals surface area contributed by atoms with Gasteiger partial charge in [0.25, 0.3) is 0 Å². The van der Waals surface area contributed by atoms with Gasteiger partial charge in [0.05, 0.1) is 19.0 Å². The van der Waals surface area contributed by atoms with Crippen molar-refractivity contribution in [2.75, 3.05) is 6.54 Å². The number of carbonyl (C=O) groups is 3. The number of rotatable bonds is 5. The van der Waals surface area contributed by atoms with Crippen molar-refractivity contribution in [3.63, 3.8) is 0 Å². The maximum atomic E-state index is 12.2. The molecule has 6 nitrogen and oxygen atoms in total. The summed E-state index contributed by atoms with van der Waals surface area (Å²) in [5, 5.41) is 8.87. The summed E-state index contributed by atoms with van der Waals surface area (Å²) in [4.78, 5) is 37.5. The van der Waals surface area contributed by atoms with Crippen LogP contribution in [-0.2, 0) is 14.4 Å². The summed E-state index contributed by atoms with van der Waals surface area (Å²) in [7, 11) is 0. The minimum Gasteiger partial charge on any atom is -0.480 e. The second-order valence-corrected chi connectivity index (χ2v) is 5.08. The van der Waals surface area contributed by atoms with E-state index in [-0.39, 0.29) is 36.9 Å². The van der Waals surface area contributed by atoms with E-state index < -0.39 is 12.0 Å². The van der Waals surface area contributed by atoms with Crippen LogP contribution in [0.2, 0.25) is 0 Å². The van der Waals surface area contributed by atoms with Crippen molar-refractivity contribution in [3.05, 3.63) is 0 Å². The van der Waals surface area contributed by atoms with Crippen LogP contribution in [0.4, 0.5) is 0 Å². The van der Waals surface area contributed by atoms with Crippen LogP contribution in [0.5, 0.6) is 0 Å². The molecule has 1 aliphatic rings. The second-order valence-electron chi connectivity index (χ2n) is 5.08. The van der Waals surface area contributed by atoms with Crippen molar-refractivity contribution in [3.8, 4) is 0 Å². The van der Waals surface area contributed by atoms with Crippen LogP contribution in [0, 0.1) is 0 Å². The van der Waals surface area contributed by atoms with Crippen molar-refractivity contribution in [2.24, 2.45) is 0 Å². The topological polar surface area (TPSA) is 77.9 Å². The van der Waals surface area contributed by atoms with Gasteiger partial charge in [0.2, 0.25) is 11.8 Å². The molecule has 1 saturated heterocycles. The first-order valence-corrected chi connectivity index (χ1v) is 6.09. The molecule has 0 aromatic carbocycles. The fourth-order valence-electron chi connectivity index (χ4n) is 2.24. The monoisotopic (exact) mass is 256 g/mol. The molecule has 1 heterocycles. The number of hydrogen-bond donors (Lipinski definition) is 1. The van der Waals surface area contributed by atoms with Gasteiger partial charge in [-0.3, -0.25) is 24.2 Å². The summed E-state index contributed by atoms with van der Waals surface area (Å²) in [6.45, 7) is 6.95. The van der Waals surface area contributed by atoms with Gasteiger partial charge >= 0.3 is 5.97 Å². The highest BCUT2D eigenvalue weighted by Gasteiger charge is 2.44. The summed E-state index contributed by atoms with van der Waals surface area (Å²) in [5.74, 6) is -1.51. The van der Waals surface area contributed by atoms with Crippen LogP contribution < -0.4 is 0 Å². The molecule has 1 atom stereocenters. The van der Waals surface area contributed by atoms with Gasteiger partial charge in [-0.1, -0.05) is 0 Å². The minimum atomic E-state index is -0.994. The molecule has 6 heteroatoms. The Bertz CT molecular complexity index is 365. The van der Waals surface area contributed by atoms with Crippen LogP contribution in [0.25, 0.3) is 0 Å². The molecule has 0 radical (unpaired) electrons. The van der Waals surface area contributed by atoms with Gasteiger partial charge in [0.15, 0.2) is 0 Å². The predicted molar refractivity (Wildman–Crippen MR) is 64.9 cm³/mol. The summed E-state index contributed by atoms with van der Waals surface area (Å²) < 4.78 is 0. The minimum absolute atomic E-state index is 0.0719. The van der Waals surface area contributed by atoms with Gasteiger partial charge in [0.1, 0.15) is 0 Å². The molecule has 102 valence electrons. The summed E-state index contributed by atoms with van der Waals surface area (Å²) in [5.41, 5.74) is 0. The normalized spacial score (nSPS) is 20.6. The zero-order valence-corrected chi connectivity index (χ0v) is 11.2. The molecule has 1 unspecified atom stereocenters. The lowest BCUT2D eigenvalue weighted by molar-refractivity contribution is -0.143. The lowest BCUT2D eigenvalue weighted by atomic mass is 10.1. The van der Waals surface area contributed by atoms with E-state index in [0.717, 1.165) is 0 Å². The third kappa shape index (κ3) is 2.87. The first-order valence-electron chi connectivity index (χ1n) is 6.09. The Labute approximate surface area is 107 Å². The summed E-state index contributed by atoms with van der Waals surface area (Å²) in [6, 6.07) is -0.931. The molecule has 0 spiro atoms. The van der Waals surface area contributed by atoms with Crippen molar-refractivity contribution in [1.29, 1.82) is 0 Å². The molecule has 2 amide bonds. The summed E-state index contributed by atoms with van der Waals surface area (Å²) >= 11 is 0. The average Bonchev–Trinajstić information content (AvgIpc) is 2.49. The highest BCUT2D eigenvalue weighted by molar-refractivity contribution is 6.06. The number of carboxylic acid groups (broad SMARTS) is 1. The number of imide groups is 1. The van der Waals surface area contributed by atoms with E-state index in [4.69, 9.17) is 5.11 Å². The van der Waals surface area contributed by atoms with Crippen LogP contribution in [0.3, 0.4) is 0 Å². The maximum absolute atomic E-state index is 12.2. The van der Waals surface area contributed by atoms with Crippen molar-refractivity contribution >= 4 is 17.8 Å². The fourth-order valence-corrected chi connectivity index (χ4v) is 2.24. The molecular weight excluding hydrogens is 236 g/mol. The number of carboxylic acids is 1. The van der Waals surface area contributed by atoms with Crippen molar-refractivity contribution in [2.45, 2.75) is 52.2 Å². The maximum Gasteiger partial charge on any atom is 0.317 e. The standard InChI is InChI=1S/C12H20N2O4/c1-7(2)13(6-11(16)17)9-5-10(15)14(8(3)4)12(9)18/h7-9H,5-6H2,1-4H3,(H,16,17). The molecule has 0 aromatic rings. The van der Waals surface area contributed by atoms with Gasteiger partial charge < -0.3 is 5.11 Å². The predicted octanol–water partition coefficient (Wildman–Crippen LogP) is 0.317. The van der Waals surface area contributed by atoms with Crippen LogP contribution in [-0.4, -0.2) is 57.4 Å². The van der Waals surface area contributed by atoms with Gasteiger partial charge in [0, 0.05) is 12.1 Å². The molecule has 0 aliphatic carbocycles. The third-order valence-corrected chi connectivity index (χ3v) is 3.06. The fraction of sp³-hybridized carbons (Fsp3) is 0.750. The van der Waals surface area contributed by atoms with E-state index in [2.05, 4.69) is 0 Å². The first kappa shape index (κ1) is 14.6. The molecule has 1 aliphatic heterocycles. The number of likely N-dealkylation sites (tertiary alicyclic amines) is 1. The van der Waals surface area contributed by atoms with Crippen molar-refractivity contribution < 1.29 is 19.5 Å². The number of amides is 2. The molecule has 1 fully saturated rings. The zero-order valence-electron chi connectivity index (χ0n) is 11.2. The molecule has 0 saturated carbocycles. The van der Waals surface area contributed by atoms with Crippen molar-refractivity contribution in [1.82, 2.24) is 9.80 Å². The summed E-state index contributed by atoms with van der Waals surface area (Å²) in [6.07, 6.45) is 0.0719. The Morgan fingerprint density at radius 2 is 1.94 bits per heavy atom. The van der Waals surface area contributed by atoms with Gasteiger partial charge in [-0.05, 0) is 27.7 Å². The lowest BCUT2D eigenvalue weighted by Crippen LogP contribution is -2.48. The molecule has 18 heavy (non-hydrogen) atoms. The zero-order chi connectivity index (χ0) is 14.0. The molecule has 0 aromatic heterocycles. The van der Waals surface area contributed by atoms with E-state index in [9.17, 15) is 14.4 Å². The number of carbonyl (C=O) groups excluding carboxylic acids is 2.